The third-order valence-corrected chi connectivity index (χ3v) is 3.83. The van der Waals surface area contributed by atoms with Crippen LogP contribution >= 0.6 is 0 Å². The molecule has 0 fully saturated rings. The van der Waals surface area contributed by atoms with Crippen LogP contribution in [0.1, 0.15) is 28.4 Å². The molecular formula is C17H16O. The van der Waals surface area contributed by atoms with Crippen LogP contribution < -0.4 is 0 Å². The Morgan fingerprint density at radius 2 is 1.61 bits per heavy atom. The summed E-state index contributed by atoms with van der Waals surface area (Å²) in [5.74, 6) is 0.422. The van der Waals surface area contributed by atoms with E-state index in [2.05, 4.69) is 37.3 Å². The Balaban J connectivity index is 2.22. The van der Waals surface area contributed by atoms with Gasteiger partial charge in [0, 0.05) is 11.5 Å². The maximum atomic E-state index is 12.1. The van der Waals surface area contributed by atoms with E-state index in [1.807, 2.05) is 19.1 Å². The monoisotopic (exact) mass is 236 g/mol. The highest BCUT2D eigenvalue weighted by Gasteiger charge is 2.28. The number of ketones is 1. The van der Waals surface area contributed by atoms with Crippen LogP contribution in [0.3, 0.4) is 0 Å². The minimum Gasteiger partial charge on any atom is -0.294 e. The first-order chi connectivity index (χ1) is 8.68. The summed E-state index contributed by atoms with van der Waals surface area (Å²) in [6.07, 6.45) is 0.874. The van der Waals surface area contributed by atoms with Crippen LogP contribution in [-0.4, -0.2) is 5.78 Å². The van der Waals surface area contributed by atoms with Crippen molar-refractivity contribution >= 4 is 5.78 Å². The average molecular weight is 236 g/mol. The molecule has 0 bridgehead atoms. The molecule has 0 saturated carbocycles. The van der Waals surface area contributed by atoms with Crippen LogP contribution in [0, 0.1) is 12.8 Å². The molecule has 1 unspecified atom stereocenters. The lowest BCUT2D eigenvalue weighted by Gasteiger charge is -2.10. The number of fused-ring (bicyclic) bond motifs is 1. The van der Waals surface area contributed by atoms with Gasteiger partial charge in [-0.3, -0.25) is 4.79 Å². The predicted molar refractivity (Wildman–Crippen MR) is 73.8 cm³/mol. The molecule has 90 valence electrons. The van der Waals surface area contributed by atoms with Gasteiger partial charge in [-0.1, -0.05) is 49.4 Å². The Morgan fingerprint density at radius 3 is 2.39 bits per heavy atom. The third-order valence-electron chi connectivity index (χ3n) is 3.83. The van der Waals surface area contributed by atoms with Crippen LogP contribution in [-0.2, 0) is 6.42 Å². The van der Waals surface area contributed by atoms with Crippen molar-refractivity contribution in [3.05, 3.63) is 59.2 Å². The van der Waals surface area contributed by atoms with Gasteiger partial charge in [0.25, 0.3) is 0 Å². The topological polar surface area (TPSA) is 17.1 Å². The van der Waals surface area contributed by atoms with Gasteiger partial charge in [0.15, 0.2) is 5.78 Å². The van der Waals surface area contributed by atoms with Crippen LogP contribution in [0.15, 0.2) is 42.5 Å². The lowest BCUT2D eigenvalue weighted by molar-refractivity contribution is 0.0946. The highest BCUT2D eigenvalue weighted by atomic mass is 16.1. The molecule has 0 aliphatic heterocycles. The highest BCUT2D eigenvalue weighted by Crippen LogP contribution is 2.35. The summed E-state index contributed by atoms with van der Waals surface area (Å²) >= 11 is 0. The van der Waals surface area contributed by atoms with Crippen molar-refractivity contribution in [2.24, 2.45) is 5.92 Å². The van der Waals surface area contributed by atoms with E-state index in [4.69, 9.17) is 0 Å². The first-order valence-corrected chi connectivity index (χ1v) is 6.40. The molecule has 2 aromatic carbocycles. The van der Waals surface area contributed by atoms with Crippen molar-refractivity contribution in [1.29, 1.82) is 0 Å². The summed E-state index contributed by atoms with van der Waals surface area (Å²) in [7, 11) is 0. The fourth-order valence-electron chi connectivity index (χ4n) is 2.83. The molecule has 1 atom stereocenters. The van der Waals surface area contributed by atoms with Crippen molar-refractivity contribution in [2.45, 2.75) is 20.3 Å². The number of hydrogen-bond acceptors (Lipinski definition) is 1. The molecule has 0 amide bonds. The van der Waals surface area contributed by atoms with E-state index in [9.17, 15) is 4.79 Å². The number of carbonyl (C=O) groups is 1. The van der Waals surface area contributed by atoms with E-state index in [0.717, 1.165) is 12.0 Å². The fraction of sp³-hybridized carbons (Fsp3) is 0.235. The third kappa shape index (κ3) is 1.59. The number of carbonyl (C=O) groups excluding carboxylic acids is 1. The van der Waals surface area contributed by atoms with Gasteiger partial charge in [-0.15, -0.1) is 0 Å². The molecule has 1 nitrogen and oxygen atoms in total. The summed E-state index contributed by atoms with van der Waals surface area (Å²) < 4.78 is 0. The zero-order valence-corrected chi connectivity index (χ0v) is 10.7. The number of aryl methyl sites for hydroxylation is 1. The Morgan fingerprint density at radius 1 is 0.944 bits per heavy atom. The Bertz CT molecular complexity index is 625. The van der Waals surface area contributed by atoms with E-state index >= 15 is 0 Å². The lowest BCUT2D eigenvalue weighted by atomic mass is 9.94. The number of benzene rings is 2. The Kier molecular flexibility index (Phi) is 2.55. The van der Waals surface area contributed by atoms with Gasteiger partial charge in [0.2, 0.25) is 0 Å². The lowest BCUT2D eigenvalue weighted by Crippen LogP contribution is -2.02. The van der Waals surface area contributed by atoms with E-state index in [0.29, 0.717) is 5.78 Å². The fourth-order valence-corrected chi connectivity index (χ4v) is 2.83. The molecule has 0 N–H and O–H groups in total. The molecular weight excluding hydrogens is 220 g/mol. The van der Waals surface area contributed by atoms with Crippen LogP contribution in [0.25, 0.3) is 11.1 Å². The van der Waals surface area contributed by atoms with E-state index in [1.165, 1.54) is 22.3 Å². The van der Waals surface area contributed by atoms with Crippen LogP contribution in [0.4, 0.5) is 0 Å². The number of rotatable bonds is 1. The van der Waals surface area contributed by atoms with Crippen molar-refractivity contribution in [2.75, 3.05) is 0 Å². The minimum atomic E-state index is 0.130. The van der Waals surface area contributed by atoms with Gasteiger partial charge >= 0.3 is 0 Å². The normalized spacial score (nSPS) is 17.9. The summed E-state index contributed by atoms with van der Waals surface area (Å²) in [4.78, 5) is 12.1. The molecule has 0 saturated heterocycles. The minimum absolute atomic E-state index is 0.130. The molecule has 0 heterocycles. The van der Waals surface area contributed by atoms with Crippen LogP contribution in [0.5, 0.6) is 0 Å². The second-order valence-electron chi connectivity index (χ2n) is 5.12. The highest BCUT2D eigenvalue weighted by molar-refractivity contribution is 6.04. The quantitative estimate of drug-likeness (QED) is 0.730. The zero-order chi connectivity index (χ0) is 12.7. The largest absolute Gasteiger partial charge is 0.294 e. The second kappa shape index (κ2) is 4.09. The van der Waals surface area contributed by atoms with Crippen molar-refractivity contribution < 1.29 is 4.79 Å². The summed E-state index contributed by atoms with van der Waals surface area (Å²) in [5, 5.41) is 0. The molecule has 0 radical (unpaired) electrons. The zero-order valence-electron chi connectivity index (χ0n) is 10.7. The molecule has 18 heavy (non-hydrogen) atoms. The molecule has 1 aliphatic carbocycles. The van der Waals surface area contributed by atoms with E-state index in [1.54, 1.807) is 0 Å². The van der Waals surface area contributed by atoms with Crippen LogP contribution in [0.2, 0.25) is 0 Å². The number of Topliss-reactive ketones (excluding diaryl/α,β-unsaturated/α-hetero) is 1. The van der Waals surface area contributed by atoms with Gasteiger partial charge in [-0.25, -0.2) is 0 Å². The van der Waals surface area contributed by atoms with Gasteiger partial charge in [0.1, 0.15) is 0 Å². The van der Waals surface area contributed by atoms with Gasteiger partial charge in [-0.05, 0) is 35.6 Å². The first-order valence-electron chi connectivity index (χ1n) is 6.40. The Hall–Kier alpha value is -1.89. The summed E-state index contributed by atoms with van der Waals surface area (Å²) in [6, 6.07) is 14.5. The first kappa shape index (κ1) is 11.2. The summed E-state index contributed by atoms with van der Waals surface area (Å²) in [5.41, 5.74) is 5.88. The van der Waals surface area contributed by atoms with Crippen molar-refractivity contribution in [1.82, 2.24) is 0 Å². The molecule has 2 aromatic rings. The standard InChI is InChI=1S/C17H16O/c1-11-6-3-4-7-13(11)14-8-5-9-15-16(14)10-12(2)17(15)18/h3-9,12H,10H2,1-2H3. The Labute approximate surface area is 107 Å². The van der Waals surface area contributed by atoms with Crippen molar-refractivity contribution in [3.8, 4) is 11.1 Å². The predicted octanol–water partition coefficient (Wildman–Crippen LogP) is 4.04. The number of hydrogen-bond donors (Lipinski definition) is 0. The van der Waals surface area contributed by atoms with Gasteiger partial charge < -0.3 is 0 Å². The maximum Gasteiger partial charge on any atom is 0.166 e. The maximum absolute atomic E-state index is 12.1. The van der Waals surface area contributed by atoms with E-state index in [-0.39, 0.29) is 5.92 Å². The van der Waals surface area contributed by atoms with Gasteiger partial charge in [0.05, 0.1) is 0 Å². The molecule has 1 heteroatoms. The molecule has 1 aliphatic rings. The van der Waals surface area contributed by atoms with E-state index < -0.39 is 0 Å². The summed E-state index contributed by atoms with van der Waals surface area (Å²) in [6.45, 7) is 4.14. The molecule has 0 aromatic heterocycles. The smallest absolute Gasteiger partial charge is 0.166 e. The molecule has 0 spiro atoms. The average Bonchev–Trinajstić information content (AvgIpc) is 2.67. The SMILES string of the molecule is Cc1ccccc1-c1cccc2c1CC(C)C2=O. The molecule has 3 rings (SSSR count). The van der Waals surface area contributed by atoms with Gasteiger partial charge in [-0.2, -0.15) is 0 Å². The second-order valence-corrected chi connectivity index (χ2v) is 5.12. The van der Waals surface area contributed by atoms with Crippen molar-refractivity contribution in [3.63, 3.8) is 0 Å².